The molecule has 9 heteroatoms. The Kier molecular flexibility index (Phi) is 7.53. The number of nitrogens with two attached hydrogens (primary N) is 1. The number of hydrogen-bond donors (Lipinski definition) is 3. The molecule has 0 aromatic heterocycles. The summed E-state index contributed by atoms with van der Waals surface area (Å²) in [7, 11) is 0. The lowest BCUT2D eigenvalue weighted by Crippen LogP contribution is -2.54. The van der Waals surface area contributed by atoms with Crippen molar-refractivity contribution in [3.63, 3.8) is 0 Å². The fraction of sp³-hybridized carbons (Fsp3) is 0.171. The number of anilines is 1. The highest BCUT2D eigenvalue weighted by Crippen LogP contribution is 2.37. The van der Waals surface area contributed by atoms with Crippen molar-refractivity contribution in [3.8, 4) is 5.75 Å². The Hall–Kier alpha value is -5.41. The Balaban J connectivity index is 0.000000201. The number of phenols is 1. The quantitative estimate of drug-likeness (QED) is 0.146. The third-order valence-electron chi connectivity index (χ3n) is 7.10. The lowest BCUT2D eigenvalue weighted by Gasteiger charge is -2.31. The normalized spacial score (nSPS) is 14.6. The van der Waals surface area contributed by atoms with E-state index in [4.69, 9.17) is 10.5 Å². The molecule has 0 saturated heterocycles. The first-order valence-electron chi connectivity index (χ1n) is 13.8. The summed E-state index contributed by atoms with van der Waals surface area (Å²) < 4.78 is 5.32. The molecule has 0 amide bonds. The van der Waals surface area contributed by atoms with E-state index in [9.17, 15) is 29.1 Å². The Morgan fingerprint density at radius 3 is 1.36 bits per heavy atom. The molecule has 0 heterocycles. The molecule has 9 nitrogen and oxygen atoms in total. The Morgan fingerprint density at radius 2 is 0.977 bits per heavy atom. The van der Waals surface area contributed by atoms with Gasteiger partial charge in [0, 0.05) is 39.1 Å². The zero-order chi connectivity index (χ0) is 32.0. The molecule has 4 aromatic rings. The molecule has 0 fully saturated rings. The molecule has 222 valence electrons. The number of carbonyl (C=O) groups excluding carboxylic acids is 5. The van der Waals surface area contributed by atoms with E-state index in [0.717, 1.165) is 0 Å². The first-order chi connectivity index (χ1) is 20.7. The zero-order valence-electron chi connectivity index (χ0n) is 24.6. The molecule has 1 unspecified atom stereocenters. The number of ether oxygens (including phenoxy) is 1. The maximum atomic E-state index is 13.1. The number of esters is 1. The highest BCUT2D eigenvalue weighted by Gasteiger charge is 2.38. The van der Waals surface area contributed by atoms with E-state index in [2.05, 4.69) is 5.32 Å². The van der Waals surface area contributed by atoms with Gasteiger partial charge in [0.2, 0.25) is 0 Å². The van der Waals surface area contributed by atoms with Crippen LogP contribution in [0.25, 0.3) is 0 Å². The van der Waals surface area contributed by atoms with E-state index >= 15 is 0 Å². The van der Waals surface area contributed by atoms with Crippen molar-refractivity contribution in [1.82, 2.24) is 0 Å². The van der Waals surface area contributed by atoms with Crippen molar-refractivity contribution in [3.05, 3.63) is 129 Å². The van der Waals surface area contributed by atoms with Crippen molar-refractivity contribution in [2.45, 2.75) is 39.0 Å². The van der Waals surface area contributed by atoms with Crippen LogP contribution in [0.15, 0.2) is 84.9 Å². The van der Waals surface area contributed by atoms with Gasteiger partial charge in [0.25, 0.3) is 0 Å². The minimum Gasteiger partial charge on any atom is -0.507 e. The fourth-order valence-electron chi connectivity index (χ4n) is 5.07. The van der Waals surface area contributed by atoms with Crippen LogP contribution in [-0.4, -0.2) is 45.5 Å². The molecule has 6 rings (SSSR count). The number of hydrogen-bond acceptors (Lipinski definition) is 9. The second-order valence-electron chi connectivity index (χ2n) is 11.7. The first kappa shape index (κ1) is 30.1. The third-order valence-corrected chi connectivity index (χ3v) is 7.10. The number of benzene rings is 4. The van der Waals surface area contributed by atoms with E-state index in [1.54, 1.807) is 87.5 Å². The summed E-state index contributed by atoms with van der Waals surface area (Å²) in [6, 6.07) is 23.0. The van der Waals surface area contributed by atoms with Gasteiger partial charge in [-0.2, -0.15) is 0 Å². The second-order valence-corrected chi connectivity index (χ2v) is 11.7. The number of nitrogens with one attached hydrogen (secondary N) is 1. The summed E-state index contributed by atoms with van der Waals surface area (Å²) in [4.78, 5) is 62.6. The number of rotatable bonds is 3. The largest absolute Gasteiger partial charge is 0.507 e. The first-order valence-corrected chi connectivity index (χ1v) is 13.8. The van der Waals surface area contributed by atoms with Crippen LogP contribution in [0.4, 0.5) is 5.69 Å². The third kappa shape index (κ3) is 5.41. The maximum Gasteiger partial charge on any atom is 0.347 e. The van der Waals surface area contributed by atoms with Gasteiger partial charge in [-0.15, -0.1) is 0 Å². The van der Waals surface area contributed by atoms with E-state index in [1.807, 2.05) is 0 Å². The number of fused-ring (bicyclic) bond motifs is 4. The van der Waals surface area contributed by atoms with Gasteiger partial charge >= 0.3 is 5.97 Å². The van der Waals surface area contributed by atoms with Crippen LogP contribution < -0.4 is 11.1 Å². The lowest BCUT2D eigenvalue weighted by molar-refractivity contribution is -0.159. The zero-order valence-corrected chi connectivity index (χ0v) is 24.6. The average molecular weight is 591 g/mol. The summed E-state index contributed by atoms with van der Waals surface area (Å²) in [5.74, 6) is -2.08. The van der Waals surface area contributed by atoms with E-state index in [1.165, 1.54) is 25.1 Å². The molecule has 44 heavy (non-hydrogen) atoms. The summed E-state index contributed by atoms with van der Waals surface area (Å²) in [5, 5.41) is 13.0. The predicted octanol–water partition coefficient (Wildman–Crippen LogP) is 5.06. The topological polar surface area (TPSA) is 153 Å². The summed E-state index contributed by atoms with van der Waals surface area (Å²) >= 11 is 0. The molecular weight excluding hydrogens is 560 g/mol. The minimum absolute atomic E-state index is 0.0241. The molecule has 1 atom stereocenters. The monoisotopic (exact) mass is 590 g/mol. The molecule has 0 radical (unpaired) electrons. The molecule has 0 saturated carbocycles. The van der Waals surface area contributed by atoms with Crippen LogP contribution in [0.1, 0.15) is 91.4 Å². The molecule has 0 spiro atoms. The van der Waals surface area contributed by atoms with Crippen LogP contribution in [0, 0.1) is 0 Å². The van der Waals surface area contributed by atoms with E-state index in [-0.39, 0.29) is 45.3 Å². The second kappa shape index (κ2) is 11.0. The SMILES string of the molecule is CC(C)(C)OC(=O)C(C)(N)Nc1ccc(O)c2c1C(=O)c1ccccc1C2=O.O=C1c2ccccc2C(=O)c2ccccc21. The Labute approximate surface area is 253 Å². The smallest absolute Gasteiger partial charge is 0.347 e. The predicted molar refractivity (Wildman–Crippen MR) is 163 cm³/mol. The van der Waals surface area contributed by atoms with Gasteiger partial charge < -0.3 is 15.2 Å². The molecular formula is C35H30N2O7. The molecule has 4 aromatic carbocycles. The Bertz CT molecular complexity index is 1780. The average Bonchev–Trinajstić information content (AvgIpc) is 2.99. The van der Waals surface area contributed by atoms with Gasteiger partial charge in [-0.3, -0.25) is 24.9 Å². The molecule has 0 aliphatic heterocycles. The molecule has 2 aliphatic carbocycles. The van der Waals surface area contributed by atoms with Crippen LogP contribution >= 0.6 is 0 Å². The lowest BCUT2D eigenvalue weighted by atomic mass is 9.82. The van der Waals surface area contributed by atoms with Gasteiger partial charge in [0.05, 0.1) is 11.1 Å². The summed E-state index contributed by atoms with van der Waals surface area (Å²) in [5.41, 5.74) is 6.17. The van der Waals surface area contributed by atoms with Crippen LogP contribution in [0.3, 0.4) is 0 Å². The minimum atomic E-state index is -1.67. The van der Waals surface area contributed by atoms with Gasteiger partial charge in [-0.1, -0.05) is 72.8 Å². The summed E-state index contributed by atoms with van der Waals surface area (Å²) in [6.45, 7) is 6.54. The molecule has 4 N–H and O–H groups in total. The van der Waals surface area contributed by atoms with Gasteiger partial charge in [0.1, 0.15) is 11.4 Å². The number of carbonyl (C=O) groups is 5. The molecule has 0 bridgehead atoms. The van der Waals surface area contributed by atoms with Crippen molar-refractivity contribution in [2.24, 2.45) is 5.73 Å². The van der Waals surface area contributed by atoms with Crippen molar-refractivity contribution < 1.29 is 33.8 Å². The Morgan fingerprint density at radius 1 is 0.614 bits per heavy atom. The maximum absolute atomic E-state index is 13.1. The van der Waals surface area contributed by atoms with Gasteiger partial charge in [0.15, 0.2) is 28.8 Å². The molecule has 2 aliphatic rings. The van der Waals surface area contributed by atoms with E-state index in [0.29, 0.717) is 22.3 Å². The van der Waals surface area contributed by atoms with E-state index < -0.39 is 28.8 Å². The van der Waals surface area contributed by atoms with Crippen molar-refractivity contribution >= 4 is 34.8 Å². The highest BCUT2D eigenvalue weighted by molar-refractivity contribution is 6.31. The number of ketones is 4. The van der Waals surface area contributed by atoms with Crippen LogP contribution in [-0.2, 0) is 9.53 Å². The standard InChI is InChI=1S/C21H22N2O5.C14H8O2/c1-20(2,3)28-19(27)21(4,22)23-13-9-10-14(24)16-15(13)17(25)11-7-5-6-8-12(11)18(16)26;15-13-9-5-1-2-6-10(9)14(16)12-8-4-3-7-11(12)13/h5-10,23-24H,22H2,1-4H3;1-8H. The van der Waals surface area contributed by atoms with Crippen LogP contribution in [0.5, 0.6) is 5.75 Å². The fourth-order valence-corrected chi connectivity index (χ4v) is 5.07. The highest BCUT2D eigenvalue weighted by atomic mass is 16.6. The van der Waals surface area contributed by atoms with Crippen LogP contribution in [0.2, 0.25) is 0 Å². The summed E-state index contributed by atoms with van der Waals surface area (Å²) in [6.07, 6.45) is 0. The van der Waals surface area contributed by atoms with Gasteiger partial charge in [-0.05, 0) is 39.8 Å². The number of aromatic hydroxyl groups is 1. The number of phenolic OH excluding ortho intramolecular Hbond substituents is 1. The van der Waals surface area contributed by atoms with Crippen molar-refractivity contribution in [1.29, 1.82) is 0 Å². The van der Waals surface area contributed by atoms with Gasteiger partial charge in [-0.25, -0.2) is 4.79 Å². The van der Waals surface area contributed by atoms with Crippen molar-refractivity contribution in [2.75, 3.05) is 5.32 Å².